The van der Waals surface area contributed by atoms with E-state index in [1.165, 1.54) is 6.20 Å². The number of hydrogen-bond donors (Lipinski definition) is 3. The number of aromatic nitrogens is 2. The third kappa shape index (κ3) is 2.93. The predicted molar refractivity (Wildman–Crippen MR) is 70.0 cm³/mol. The molecule has 2 rings (SSSR count). The van der Waals surface area contributed by atoms with Gasteiger partial charge in [-0.15, -0.1) is 0 Å². The lowest BCUT2D eigenvalue weighted by Gasteiger charge is -2.33. The van der Waals surface area contributed by atoms with E-state index in [1.54, 1.807) is 4.90 Å². The zero-order valence-corrected chi connectivity index (χ0v) is 10.8. The number of carbonyl (C=O) groups excluding carboxylic acids is 1. The van der Waals surface area contributed by atoms with Gasteiger partial charge in [-0.1, -0.05) is 0 Å². The first-order valence-electron chi connectivity index (χ1n) is 6.36. The summed E-state index contributed by atoms with van der Waals surface area (Å²) in [5.41, 5.74) is 4.55. The van der Waals surface area contributed by atoms with Crippen molar-refractivity contribution in [3.05, 3.63) is 32.6 Å². The van der Waals surface area contributed by atoms with Crippen LogP contribution in [-0.2, 0) is 0 Å². The summed E-state index contributed by atoms with van der Waals surface area (Å²) in [6.45, 7) is 3.14. The van der Waals surface area contributed by atoms with Gasteiger partial charge in [-0.25, -0.2) is 4.79 Å². The molecular weight excluding hydrogens is 248 g/mol. The monoisotopic (exact) mass is 266 g/mol. The molecule has 7 nitrogen and oxygen atoms in total. The molecule has 2 heterocycles. The average molecular weight is 266 g/mol. The van der Waals surface area contributed by atoms with Crippen LogP contribution in [-0.4, -0.2) is 39.9 Å². The lowest BCUT2D eigenvalue weighted by atomic mass is 9.91. The Morgan fingerprint density at radius 1 is 1.42 bits per heavy atom. The highest BCUT2D eigenvalue weighted by Gasteiger charge is 2.26. The lowest BCUT2D eigenvalue weighted by molar-refractivity contribution is 0.0678. The molecule has 0 radical (unpaired) electrons. The van der Waals surface area contributed by atoms with Gasteiger partial charge in [0.1, 0.15) is 5.56 Å². The molecule has 1 amide bonds. The summed E-state index contributed by atoms with van der Waals surface area (Å²) in [5, 5.41) is 0. The van der Waals surface area contributed by atoms with Gasteiger partial charge in [0.05, 0.1) is 0 Å². The molecule has 0 aliphatic carbocycles. The first-order chi connectivity index (χ1) is 8.99. The summed E-state index contributed by atoms with van der Waals surface area (Å²) in [6, 6.07) is 0.119. The molecule has 19 heavy (non-hydrogen) atoms. The van der Waals surface area contributed by atoms with E-state index < -0.39 is 11.2 Å². The van der Waals surface area contributed by atoms with Crippen molar-refractivity contribution in [3.63, 3.8) is 0 Å². The van der Waals surface area contributed by atoms with Crippen LogP contribution in [0.25, 0.3) is 0 Å². The minimum absolute atomic E-state index is 0.0288. The van der Waals surface area contributed by atoms with Gasteiger partial charge in [0, 0.05) is 25.3 Å². The van der Waals surface area contributed by atoms with Crippen LogP contribution < -0.4 is 17.0 Å². The van der Waals surface area contributed by atoms with Crippen molar-refractivity contribution in [2.75, 3.05) is 13.1 Å². The number of H-pyrrole nitrogens is 2. The van der Waals surface area contributed by atoms with Crippen LogP contribution in [0.3, 0.4) is 0 Å². The Balaban J connectivity index is 2.09. The van der Waals surface area contributed by atoms with E-state index in [0.29, 0.717) is 19.0 Å². The van der Waals surface area contributed by atoms with Crippen LogP contribution in [0, 0.1) is 5.92 Å². The molecule has 1 aliphatic rings. The van der Waals surface area contributed by atoms with Crippen LogP contribution in [0.2, 0.25) is 0 Å². The Labute approximate surface area is 109 Å². The Kier molecular flexibility index (Phi) is 3.84. The van der Waals surface area contributed by atoms with E-state index in [0.717, 1.165) is 12.8 Å². The van der Waals surface area contributed by atoms with E-state index >= 15 is 0 Å². The predicted octanol–water partition coefficient (Wildman–Crippen LogP) is -0.737. The van der Waals surface area contributed by atoms with Crippen molar-refractivity contribution in [3.8, 4) is 0 Å². The lowest BCUT2D eigenvalue weighted by Crippen LogP contribution is -2.44. The molecule has 0 saturated carbocycles. The van der Waals surface area contributed by atoms with Crippen LogP contribution >= 0.6 is 0 Å². The van der Waals surface area contributed by atoms with E-state index in [9.17, 15) is 14.4 Å². The van der Waals surface area contributed by atoms with E-state index in [2.05, 4.69) is 9.97 Å². The molecule has 1 fully saturated rings. The molecule has 4 N–H and O–H groups in total. The summed E-state index contributed by atoms with van der Waals surface area (Å²) in [7, 11) is 0. The normalized spacial score (nSPS) is 18.3. The highest BCUT2D eigenvalue weighted by molar-refractivity contribution is 5.93. The van der Waals surface area contributed by atoms with Crippen molar-refractivity contribution in [1.29, 1.82) is 0 Å². The SMILES string of the molecule is CC(N)C1CCN(C(=O)c2c[nH]c(=O)[nH]c2=O)CC1. The average Bonchev–Trinajstić information content (AvgIpc) is 2.38. The Morgan fingerprint density at radius 2 is 2.05 bits per heavy atom. The third-order valence-electron chi connectivity index (χ3n) is 3.62. The fourth-order valence-corrected chi connectivity index (χ4v) is 2.37. The molecule has 0 aromatic carbocycles. The molecule has 0 spiro atoms. The van der Waals surface area contributed by atoms with E-state index in [1.807, 2.05) is 6.92 Å². The van der Waals surface area contributed by atoms with Crippen molar-refractivity contribution < 1.29 is 4.79 Å². The first-order valence-corrected chi connectivity index (χ1v) is 6.36. The fraction of sp³-hybridized carbons (Fsp3) is 0.583. The van der Waals surface area contributed by atoms with Gasteiger partial charge in [0.15, 0.2) is 0 Å². The first kappa shape index (κ1) is 13.5. The summed E-state index contributed by atoms with van der Waals surface area (Å²) >= 11 is 0. The maximum atomic E-state index is 12.2. The van der Waals surface area contributed by atoms with Gasteiger partial charge in [0.25, 0.3) is 11.5 Å². The number of piperidine rings is 1. The van der Waals surface area contributed by atoms with Crippen molar-refractivity contribution in [2.45, 2.75) is 25.8 Å². The standard InChI is InChI=1S/C12H18N4O3/c1-7(13)8-2-4-16(5-3-8)11(18)9-6-14-12(19)15-10(9)17/h6-8H,2-5,13H2,1H3,(H2,14,15,17,19). The Bertz CT molecular complexity index is 567. The number of aromatic amines is 2. The number of rotatable bonds is 2. The van der Waals surface area contributed by atoms with Crippen LogP contribution in [0.1, 0.15) is 30.1 Å². The molecule has 0 bridgehead atoms. The van der Waals surface area contributed by atoms with Gasteiger partial charge < -0.3 is 15.6 Å². The second-order valence-electron chi connectivity index (χ2n) is 4.97. The summed E-state index contributed by atoms with van der Waals surface area (Å²) in [5.74, 6) is 0.0681. The molecule has 7 heteroatoms. The van der Waals surface area contributed by atoms with Crippen LogP contribution in [0.15, 0.2) is 15.8 Å². The molecule has 1 aromatic heterocycles. The molecule has 1 aliphatic heterocycles. The van der Waals surface area contributed by atoms with E-state index in [4.69, 9.17) is 5.73 Å². The van der Waals surface area contributed by atoms with Gasteiger partial charge in [0.2, 0.25) is 0 Å². The molecule has 104 valence electrons. The number of nitrogens with two attached hydrogens (primary N) is 1. The van der Waals surface area contributed by atoms with Gasteiger partial charge in [-0.2, -0.15) is 0 Å². The maximum Gasteiger partial charge on any atom is 0.325 e. The topological polar surface area (TPSA) is 112 Å². The Morgan fingerprint density at radius 3 is 2.58 bits per heavy atom. The van der Waals surface area contributed by atoms with Crippen molar-refractivity contribution in [1.82, 2.24) is 14.9 Å². The zero-order valence-electron chi connectivity index (χ0n) is 10.8. The highest BCUT2D eigenvalue weighted by Crippen LogP contribution is 2.20. The summed E-state index contributed by atoms with van der Waals surface area (Å²) in [6.07, 6.45) is 2.84. The zero-order chi connectivity index (χ0) is 14.0. The second-order valence-corrected chi connectivity index (χ2v) is 4.97. The number of nitrogens with one attached hydrogen (secondary N) is 2. The largest absolute Gasteiger partial charge is 0.338 e. The smallest absolute Gasteiger partial charge is 0.325 e. The van der Waals surface area contributed by atoms with Gasteiger partial charge in [-0.05, 0) is 25.7 Å². The number of carbonyl (C=O) groups is 1. The summed E-state index contributed by atoms with van der Waals surface area (Å²) < 4.78 is 0. The van der Waals surface area contributed by atoms with Crippen molar-refractivity contribution in [2.24, 2.45) is 11.7 Å². The minimum Gasteiger partial charge on any atom is -0.338 e. The number of likely N-dealkylation sites (tertiary alicyclic amines) is 1. The summed E-state index contributed by atoms with van der Waals surface area (Å²) in [4.78, 5) is 40.6. The van der Waals surface area contributed by atoms with E-state index in [-0.39, 0.29) is 17.5 Å². The van der Waals surface area contributed by atoms with Crippen LogP contribution in [0.5, 0.6) is 0 Å². The van der Waals surface area contributed by atoms with Crippen LogP contribution in [0.4, 0.5) is 0 Å². The molecular formula is C12H18N4O3. The number of hydrogen-bond acceptors (Lipinski definition) is 4. The van der Waals surface area contributed by atoms with Gasteiger partial charge in [-0.3, -0.25) is 14.6 Å². The highest BCUT2D eigenvalue weighted by atomic mass is 16.2. The van der Waals surface area contributed by atoms with Crippen molar-refractivity contribution >= 4 is 5.91 Å². The minimum atomic E-state index is -0.650. The second kappa shape index (κ2) is 5.40. The molecule has 1 aromatic rings. The Hall–Kier alpha value is -1.89. The molecule has 1 unspecified atom stereocenters. The van der Waals surface area contributed by atoms with Gasteiger partial charge >= 0.3 is 5.69 Å². The third-order valence-corrected chi connectivity index (χ3v) is 3.62. The molecule has 1 saturated heterocycles. The maximum absolute atomic E-state index is 12.2. The quantitative estimate of drug-likeness (QED) is 0.654. The molecule has 1 atom stereocenters. The number of amides is 1. The fourth-order valence-electron chi connectivity index (χ4n) is 2.37. The number of nitrogens with zero attached hydrogens (tertiary/aromatic N) is 1.